The van der Waals surface area contributed by atoms with Crippen molar-refractivity contribution < 1.29 is 4.79 Å². The first-order valence-electron chi connectivity index (χ1n) is 7.52. The number of amides is 1. The monoisotopic (exact) mass is 310 g/mol. The van der Waals surface area contributed by atoms with Gasteiger partial charge in [-0.05, 0) is 42.7 Å². The van der Waals surface area contributed by atoms with Crippen molar-refractivity contribution in [1.82, 2.24) is 4.98 Å². The molecule has 22 heavy (non-hydrogen) atoms. The molecule has 2 aromatic carbocycles. The van der Waals surface area contributed by atoms with E-state index in [1.165, 1.54) is 29.7 Å². The summed E-state index contributed by atoms with van der Waals surface area (Å²) in [6.45, 7) is 2.20. The highest BCUT2D eigenvalue weighted by molar-refractivity contribution is 7.22. The predicted molar refractivity (Wildman–Crippen MR) is 92.6 cm³/mol. The van der Waals surface area contributed by atoms with Gasteiger partial charge in [0.05, 0.1) is 10.2 Å². The van der Waals surface area contributed by atoms with E-state index in [0.717, 1.165) is 16.6 Å². The van der Waals surface area contributed by atoms with Crippen LogP contribution in [0.3, 0.4) is 0 Å². The lowest BCUT2D eigenvalue weighted by Gasteiger charge is -2.00. The van der Waals surface area contributed by atoms with Gasteiger partial charge in [-0.3, -0.25) is 10.1 Å². The standard InChI is InChI=1S/C18H18N2OS/c1-2-3-7-13-10-11-15-16(12-13)22-18(19-15)20-17(21)14-8-5-4-6-9-14/h4-6,8-12H,2-3,7H2,1H3,(H,19,20,21). The molecule has 0 saturated heterocycles. The van der Waals surface area contributed by atoms with Gasteiger partial charge in [-0.1, -0.05) is 48.9 Å². The number of aromatic nitrogens is 1. The number of unbranched alkanes of at least 4 members (excludes halogenated alkanes) is 1. The van der Waals surface area contributed by atoms with E-state index in [-0.39, 0.29) is 5.91 Å². The van der Waals surface area contributed by atoms with E-state index in [1.807, 2.05) is 24.3 Å². The van der Waals surface area contributed by atoms with Crippen molar-refractivity contribution in [2.75, 3.05) is 5.32 Å². The fourth-order valence-corrected chi connectivity index (χ4v) is 3.24. The Morgan fingerprint density at radius 2 is 2.00 bits per heavy atom. The predicted octanol–water partition coefficient (Wildman–Crippen LogP) is 4.89. The highest BCUT2D eigenvalue weighted by Crippen LogP contribution is 2.27. The Morgan fingerprint density at radius 3 is 2.77 bits per heavy atom. The largest absolute Gasteiger partial charge is 0.298 e. The number of nitrogens with zero attached hydrogens (tertiary/aromatic N) is 1. The maximum Gasteiger partial charge on any atom is 0.257 e. The van der Waals surface area contributed by atoms with E-state index in [9.17, 15) is 4.79 Å². The van der Waals surface area contributed by atoms with Gasteiger partial charge in [0.2, 0.25) is 0 Å². The Balaban J connectivity index is 1.78. The van der Waals surface area contributed by atoms with E-state index in [2.05, 4.69) is 29.4 Å². The van der Waals surface area contributed by atoms with E-state index in [4.69, 9.17) is 0 Å². The van der Waals surface area contributed by atoms with E-state index in [1.54, 1.807) is 12.1 Å². The minimum absolute atomic E-state index is 0.120. The molecule has 112 valence electrons. The van der Waals surface area contributed by atoms with Gasteiger partial charge in [-0.2, -0.15) is 0 Å². The summed E-state index contributed by atoms with van der Waals surface area (Å²) in [6.07, 6.45) is 3.48. The van der Waals surface area contributed by atoms with Crippen LogP contribution in [0.15, 0.2) is 48.5 Å². The van der Waals surface area contributed by atoms with Crippen LogP contribution in [0, 0.1) is 0 Å². The number of carbonyl (C=O) groups is 1. The van der Waals surface area contributed by atoms with Crippen LogP contribution in [0.1, 0.15) is 35.7 Å². The molecule has 0 spiro atoms. The highest BCUT2D eigenvalue weighted by Gasteiger charge is 2.09. The number of hydrogen-bond acceptors (Lipinski definition) is 3. The van der Waals surface area contributed by atoms with Gasteiger partial charge in [-0.25, -0.2) is 4.98 Å². The number of anilines is 1. The topological polar surface area (TPSA) is 42.0 Å². The Labute approximate surface area is 134 Å². The quantitative estimate of drug-likeness (QED) is 0.729. The molecule has 3 rings (SSSR count). The van der Waals surface area contributed by atoms with Crippen LogP contribution in [0.2, 0.25) is 0 Å². The van der Waals surface area contributed by atoms with Gasteiger partial charge in [0.15, 0.2) is 5.13 Å². The Morgan fingerprint density at radius 1 is 1.18 bits per heavy atom. The minimum Gasteiger partial charge on any atom is -0.298 e. The molecule has 1 N–H and O–H groups in total. The molecule has 1 aromatic heterocycles. The maximum atomic E-state index is 12.2. The summed E-state index contributed by atoms with van der Waals surface area (Å²) < 4.78 is 1.12. The van der Waals surface area contributed by atoms with Crippen molar-refractivity contribution >= 4 is 32.6 Å². The summed E-state index contributed by atoms with van der Waals surface area (Å²) in [7, 11) is 0. The molecule has 0 aliphatic rings. The van der Waals surface area contributed by atoms with Crippen molar-refractivity contribution in [2.24, 2.45) is 0 Å². The lowest BCUT2D eigenvalue weighted by Crippen LogP contribution is -2.11. The summed E-state index contributed by atoms with van der Waals surface area (Å²) in [5.74, 6) is -0.120. The van der Waals surface area contributed by atoms with Crippen LogP contribution in [0.25, 0.3) is 10.2 Å². The first-order chi connectivity index (χ1) is 10.8. The fraction of sp³-hybridized carbons (Fsp3) is 0.222. The summed E-state index contributed by atoms with van der Waals surface area (Å²) in [5.41, 5.74) is 2.91. The van der Waals surface area contributed by atoms with Gasteiger partial charge < -0.3 is 0 Å². The molecule has 0 aliphatic heterocycles. The number of hydrogen-bond donors (Lipinski definition) is 1. The molecular formula is C18H18N2OS. The second-order valence-corrected chi connectivity index (χ2v) is 6.28. The van der Waals surface area contributed by atoms with Crippen LogP contribution in [-0.2, 0) is 6.42 Å². The lowest BCUT2D eigenvalue weighted by molar-refractivity contribution is 0.102. The van der Waals surface area contributed by atoms with Crippen molar-refractivity contribution in [3.63, 3.8) is 0 Å². The maximum absolute atomic E-state index is 12.2. The Kier molecular flexibility index (Phi) is 4.49. The third kappa shape index (κ3) is 3.34. The number of benzene rings is 2. The Hall–Kier alpha value is -2.20. The number of aryl methyl sites for hydroxylation is 1. The SMILES string of the molecule is CCCCc1ccc2nc(NC(=O)c3ccccc3)sc2c1. The molecule has 0 aliphatic carbocycles. The zero-order valence-corrected chi connectivity index (χ0v) is 13.3. The van der Waals surface area contributed by atoms with Gasteiger partial charge in [-0.15, -0.1) is 0 Å². The number of rotatable bonds is 5. The minimum atomic E-state index is -0.120. The number of thiazole rings is 1. The molecule has 3 nitrogen and oxygen atoms in total. The Bertz CT molecular complexity index is 780. The number of fused-ring (bicyclic) bond motifs is 1. The zero-order chi connectivity index (χ0) is 15.4. The van der Waals surface area contributed by atoms with Crippen LogP contribution in [-0.4, -0.2) is 10.9 Å². The molecule has 0 saturated carbocycles. The first kappa shape index (κ1) is 14.7. The third-order valence-corrected chi connectivity index (χ3v) is 4.46. The molecule has 3 aromatic rings. The van der Waals surface area contributed by atoms with Crippen LogP contribution >= 0.6 is 11.3 Å². The van der Waals surface area contributed by atoms with Gasteiger partial charge in [0.1, 0.15) is 0 Å². The van der Waals surface area contributed by atoms with E-state index < -0.39 is 0 Å². The zero-order valence-electron chi connectivity index (χ0n) is 12.5. The summed E-state index contributed by atoms with van der Waals surface area (Å²) in [5, 5.41) is 3.53. The van der Waals surface area contributed by atoms with Crippen LogP contribution in [0.5, 0.6) is 0 Å². The van der Waals surface area contributed by atoms with Crippen molar-refractivity contribution in [3.05, 3.63) is 59.7 Å². The van der Waals surface area contributed by atoms with Crippen molar-refractivity contribution in [2.45, 2.75) is 26.2 Å². The average molecular weight is 310 g/mol. The molecule has 0 radical (unpaired) electrons. The molecule has 0 fully saturated rings. The molecular weight excluding hydrogens is 292 g/mol. The smallest absolute Gasteiger partial charge is 0.257 e. The highest BCUT2D eigenvalue weighted by atomic mass is 32.1. The molecule has 1 amide bonds. The van der Waals surface area contributed by atoms with Crippen LogP contribution < -0.4 is 5.32 Å². The normalized spacial score (nSPS) is 10.8. The second kappa shape index (κ2) is 6.71. The number of nitrogens with one attached hydrogen (secondary N) is 1. The molecule has 0 bridgehead atoms. The van der Waals surface area contributed by atoms with E-state index in [0.29, 0.717) is 10.7 Å². The second-order valence-electron chi connectivity index (χ2n) is 5.24. The third-order valence-electron chi connectivity index (χ3n) is 3.53. The average Bonchev–Trinajstić information content (AvgIpc) is 2.95. The fourth-order valence-electron chi connectivity index (χ4n) is 2.32. The van der Waals surface area contributed by atoms with Gasteiger partial charge in [0, 0.05) is 5.56 Å². The van der Waals surface area contributed by atoms with E-state index >= 15 is 0 Å². The molecule has 0 unspecified atom stereocenters. The van der Waals surface area contributed by atoms with Gasteiger partial charge >= 0.3 is 0 Å². The summed E-state index contributed by atoms with van der Waals surface area (Å²) in [6, 6.07) is 15.5. The summed E-state index contributed by atoms with van der Waals surface area (Å²) in [4.78, 5) is 16.6. The first-order valence-corrected chi connectivity index (χ1v) is 8.34. The summed E-state index contributed by atoms with van der Waals surface area (Å²) >= 11 is 1.52. The van der Waals surface area contributed by atoms with Crippen LogP contribution in [0.4, 0.5) is 5.13 Å². The molecule has 1 heterocycles. The lowest BCUT2D eigenvalue weighted by atomic mass is 10.1. The van der Waals surface area contributed by atoms with Crippen molar-refractivity contribution in [1.29, 1.82) is 0 Å². The molecule has 0 atom stereocenters. The van der Waals surface area contributed by atoms with Crippen molar-refractivity contribution in [3.8, 4) is 0 Å². The molecule has 4 heteroatoms. The van der Waals surface area contributed by atoms with Gasteiger partial charge in [0.25, 0.3) is 5.91 Å². The number of carbonyl (C=O) groups excluding carboxylic acids is 1.